The van der Waals surface area contributed by atoms with E-state index >= 15 is 0 Å². The fraction of sp³-hybridized carbons (Fsp3) is 0.273. The van der Waals surface area contributed by atoms with Crippen molar-refractivity contribution in [3.05, 3.63) is 27.2 Å². The predicted octanol–water partition coefficient (Wildman–Crippen LogP) is 1.22. The van der Waals surface area contributed by atoms with Crippen molar-refractivity contribution in [2.24, 2.45) is 0 Å². The Morgan fingerprint density at radius 3 is 2.52 bits per heavy atom. The van der Waals surface area contributed by atoms with Gasteiger partial charge in [-0.25, -0.2) is 17.9 Å². The number of carboxylic acids is 1. The van der Waals surface area contributed by atoms with Crippen molar-refractivity contribution >= 4 is 49.4 Å². The van der Waals surface area contributed by atoms with Crippen LogP contribution in [0, 0.1) is 0 Å². The molecule has 0 fully saturated rings. The number of carboxylic acid groups (broad SMARTS) is 1. The second-order valence-electron chi connectivity index (χ2n) is 3.89. The van der Waals surface area contributed by atoms with E-state index < -0.39 is 16.0 Å². The zero-order valence-electron chi connectivity index (χ0n) is 10.8. The number of benzene rings is 1. The van der Waals surface area contributed by atoms with E-state index in [9.17, 15) is 18.0 Å². The first-order valence-electron chi connectivity index (χ1n) is 5.61. The third kappa shape index (κ3) is 4.67. The SMILES string of the molecule is CNC(=O)CCNS(=O)(=O)c1cc(Br)c(Cl)c(C(=O)O)c1. The molecule has 0 saturated carbocycles. The smallest absolute Gasteiger partial charge is 0.337 e. The molecule has 3 N–H and O–H groups in total. The number of rotatable bonds is 6. The van der Waals surface area contributed by atoms with Crippen molar-refractivity contribution in [1.29, 1.82) is 0 Å². The molecule has 0 unspecified atom stereocenters. The standard InChI is InChI=1S/C11H12BrClN2O5S/c1-14-9(16)2-3-15-21(19,20)6-4-7(11(17)18)10(13)8(12)5-6/h4-5,15H,2-3H2,1H3,(H,14,16)(H,17,18). The van der Waals surface area contributed by atoms with Crippen LogP contribution < -0.4 is 10.0 Å². The van der Waals surface area contributed by atoms with Gasteiger partial charge in [-0.2, -0.15) is 0 Å². The highest BCUT2D eigenvalue weighted by molar-refractivity contribution is 9.10. The summed E-state index contributed by atoms with van der Waals surface area (Å²) in [4.78, 5) is 21.8. The molecule has 0 spiro atoms. The van der Waals surface area contributed by atoms with Gasteiger partial charge in [-0.3, -0.25) is 4.79 Å². The van der Waals surface area contributed by atoms with Crippen molar-refractivity contribution in [1.82, 2.24) is 10.0 Å². The molecule has 7 nitrogen and oxygen atoms in total. The fourth-order valence-electron chi connectivity index (χ4n) is 1.38. The first kappa shape index (κ1) is 17.9. The number of hydrogen-bond donors (Lipinski definition) is 3. The van der Waals surface area contributed by atoms with Gasteiger partial charge in [-0.1, -0.05) is 11.6 Å². The first-order valence-corrected chi connectivity index (χ1v) is 8.27. The van der Waals surface area contributed by atoms with Crippen LogP contribution in [-0.4, -0.2) is 39.0 Å². The van der Waals surface area contributed by atoms with Crippen molar-refractivity contribution in [2.75, 3.05) is 13.6 Å². The summed E-state index contributed by atoms with van der Waals surface area (Å²) in [6, 6.07) is 2.15. The van der Waals surface area contributed by atoms with Gasteiger partial charge in [0.2, 0.25) is 15.9 Å². The van der Waals surface area contributed by atoms with Gasteiger partial charge in [-0.05, 0) is 28.1 Å². The van der Waals surface area contributed by atoms with Crippen molar-refractivity contribution in [2.45, 2.75) is 11.3 Å². The van der Waals surface area contributed by atoms with Crippen LogP contribution in [0.1, 0.15) is 16.8 Å². The van der Waals surface area contributed by atoms with Gasteiger partial charge < -0.3 is 10.4 Å². The zero-order valence-corrected chi connectivity index (χ0v) is 14.0. The average Bonchev–Trinajstić information content (AvgIpc) is 2.40. The number of halogens is 2. The summed E-state index contributed by atoms with van der Waals surface area (Å²) in [5.74, 6) is -1.66. The van der Waals surface area contributed by atoms with Crippen molar-refractivity contribution in [3.8, 4) is 0 Å². The van der Waals surface area contributed by atoms with Crippen LogP contribution in [-0.2, 0) is 14.8 Å². The van der Waals surface area contributed by atoms with E-state index in [4.69, 9.17) is 16.7 Å². The second kappa shape index (κ2) is 7.21. The Labute approximate surface area is 134 Å². The molecule has 0 aliphatic carbocycles. The minimum atomic E-state index is -3.94. The highest BCUT2D eigenvalue weighted by Gasteiger charge is 2.20. The summed E-state index contributed by atoms with van der Waals surface area (Å²) in [5, 5.41) is 11.3. The fourth-order valence-corrected chi connectivity index (χ4v) is 3.27. The van der Waals surface area contributed by atoms with E-state index in [2.05, 4.69) is 26.0 Å². The number of hydrogen-bond acceptors (Lipinski definition) is 4. The van der Waals surface area contributed by atoms with Crippen LogP contribution in [0.25, 0.3) is 0 Å². The van der Waals surface area contributed by atoms with Crippen molar-refractivity contribution < 1.29 is 23.1 Å². The van der Waals surface area contributed by atoms with Crippen LogP contribution in [0.5, 0.6) is 0 Å². The Morgan fingerprint density at radius 2 is 2.00 bits per heavy atom. The van der Waals surface area contributed by atoms with Gasteiger partial charge in [-0.15, -0.1) is 0 Å². The Balaban J connectivity index is 3.04. The minimum absolute atomic E-state index is 0.0315. The Morgan fingerprint density at radius 1 is 1.38 bits per heavy atom. The first-order chi connectivity index (χ1) is 9.69. The summed E-state index contributed by atoms with van der Waals surface area (Å²) in [5.41, 5.74) is -0.335. The van der Waals surface area contributed by atoms with E-state index in [1.807, 2.05) is 0 Å². The second-order valence-corrected chi connectivity index (χ2v) is 6.89. The number of amides is 1. The van der Waals surface area contributed by atoms with Gasteiger partial charge in [0.25, 0.3) is 0 Å². The lowest BCUT2D eigenvalue weighted by Crippen LogP contribution is -2.29. The number of carbonyl (C=O) groups is 2. The topological polar surface area (TPSA) is 113 Å². The van der Waals surface area contributed by atoms with Gasteiger partial charge in [0, 0.05) is 24.5 Å². The molecular weight excluding hydrogens is 388 g/mol. The van der Waals surface area contributed by atoms with Gasteiger partial charge in [0.1, 0.15) is 0 Å². The molecule has 0 atom stereocenters. The molecule has 0 bridgehead atoms. The summed E-state index contributed by atoms with van der Waals surface area (Å²) >= 11 is 8.79. The van der Waals surface area contributed by atoms with Crippen LogP contribution in [0.15, 0.2) is 21.5 Å². The van der Waals surface area contributed by atoms with Crippen molar-refractivity contribution in [3.63, 3.8) is 0 Å². The maximum atomic E-state index is 12.0. The summed E-state index contributed by atoms with van der Waals surface area (Å²) in [6.07, 6.45) is -0.0315. The Bertz CT molecular complexity index is 677. The molecule has 0 aliphatic heterocycles. The molecular formula is C11H12BrClN2O5S. The molecule has 0 aromatic heterocycles. The Hall–Kier alpha value is -1.16. The molecule has 1 rings (SSSR count). The number of nitrogens with one attached hydrogen (secondary N) is 2. The summed E-state index contributed by atoms with van der Waals surface area (Å²) in [6.45, 7) is -0.106. The number of aromatic carboxylic acids is 1. The van der Waals surface area contributed by atoms with Gasteiger partial charge in [0.15, 0.2) is 0 Å². The number of carbonyl (C=O) groups excluding carboxylic acids is 1. The van der Waals surface area contributed by atoms with Gasteiger partial charge in [0.05, 0.1) is 15.5 Å². The van der Waals surface area contributed by atoms with E-state index in [-0.39, 0.29) is 38.8 Å². The highest BCUT2D eigenvalue weighted by atomic mass is 79.9. The van der Waals surface area contributed by atoms with E-state index in [0.29, 0.717) is 0 Å². The lowest BCUT2D eigenvalue weighted by Gasteiger charge is -2.09. The van der Waals surface area contributed by atoms with Crippen LogP contribution in [0.2, 0.25) is 5.02 Å². The van der Waals surface area contributed by atoms with E-state index in [0.717, 1.165) is 6.07 Å². The van der Waals surface area contributed by atoms with Gasteiger partial charge >= 0.3 is 5.97 Å². The lowest BCUT2D eigenvalue weighted by molar-refractivity contribution is -0.120. The third-order valence-corrected chi connectivity index (χ3v) is 5.17. The largest absolute Gasteiger partial charge is 0.478 e. The molecule has 0 aliphatic rings. The molecule has 1 aromatic carbocycles. The third-order valence-electron chi connectivity index (χ3n) is 2.47. The summed E-state index contributed by atoms with van der Waals surface area (Å²) < 4.78 is 26.4. The molecule has 21 heavy (non-hydrogen) atoms. The van der Waals surface area contributed by atoms with E-state index in [1.165, 1.54) is 13.1 Å². The van der Waals surface area contributed by atoms with Crippen LogP contribution >= 0.6 is 27.5 Å². The highest BCUT2D eigenvalue weighted by Crippen LogP contribution is 2.29. The normalized spacial score (nSPS) is 11.2. The molecule has 0 radical (unpaired) electrons. The van der Waals surface area contributed by atoms with Crippen LogP contribution in [0.4, 0.5) is 0 Å². The zero-order chi connectivity index (χ0) is 16.2. The quantitative estimate of drug-likeness (QED) is 0.665. The molecule has 1 amide bonds. The maximum absolute atomic E-state index is 12.0. The summed E-state index contributed by atoms with van der Waals surface area (Å²) in [7, 11) is -2.50. The maximum Gasteiger partial charge on any atom is 0.337 e. The Kier molecular flexibility index (Phi) is 6.14. The lowest BCUT2D eigenvalue weighted by atomic mass is 10.2. The van der Waals surface area contributed by atoms with Crippen LogP contribution in [0.3, 0.4) is 0 Å². The predicted molar refractivity (Wildman–Crippen MR) is 80.0 cm³/mol. The molecule has 0 heterocycles. The molecule has 116 valence electrons. The molecule has 10 heteroatoms. The minimum Gasteiger partial charge on any atom is -0.478 e. The molecule has 1 aromatic rings. The number of sulfonamides is 1. The van der Waals surface area contributed by atoms with E-state index in [1.54, 1.807) is 0 Å². The monoisotopic (exact) mass is 398 g/mol. The average molecular weight is 400 g/mol. The molecule has 0 saturated heterocycles.